The Bertz CT molecular complexity index is 787. The van der Waals surface area contributed by atoms with Crippen LogP contribution in [0.15, 0.2) is 53.4 Å². The zero-order valence-electron chi connectivity index (χ0n) is 11.8. The molecule has 116 valence electrons. The Hall–Kier alpha value is -2.11. The molecule has 2 aromatic carbocycles. The molecule has 0 aliphatic carbocycles. The monoisotopic (exact) mass is 347 g/mol. The van der Waals surface area contributed by atoms with E-state index in [2.05, 4.69) is 0 Å². The van der Waals surface area contributed by atoms with Gasteiger partial charge in [0.25, 0.3) is 11.1 Å². The summed E-state index contributed by atoms with van der Waals surface area (Å²) in [6, 6.07) is 13.5. The number of thioether (sulfide) groups is 1. The molecule has 0 bridgehead atoms. The number of imide groups is 1. The van der Waals surface area contributed by atoms with Gasteiger partial charge in [-0.2, -0.15) is 0 Å². The molecule has 1 aliphatic rings. The van der Waals surface area contributed by atoms with Gasteiger partial charge in [-0.1, -0.05) is 48.0 Å². The van der Waals surface area contributed by atoms with E-state index in [0.29, 0.717) is 4.91 Å². The first kappa shape index (κ1) is 15.8. The maximum absolute atomic E-state index is 13.8. The smallest absolute Gasteiger partial charge is 0.268 e. The minimum Gasteiger partial charge on any atom is -0.268 e. The first-order valence-corrected chi connectivity index (χ1v) is 7.99. The van der Waals surface area contributed by atoms with Crippen LogP contribution in [-0.4, -0.2) is 16.0 Å². The van der Waals surface area contributed by atoms with Crippen molar-refractivity contribution in [1.82, 2.24) is 4.90 Å². The van der Waals surface area contributed by atoms with Crippen molar-refractivity contribution in [3.63, 3.8) is 0 Å². The third-order valence-electron chi connectivity index (χ3n) is 3.35. The third-order valence-corrected chi connectivity index (χ3v) is 4.61. The highest BCUT2D eigenvalue weighted by molar-refractivity contribution is 8.18. The lowest BCUT2D eigenvalue weighted by Crippen LogP contribution is -2.28. The van der Waals surface area contributed by atoms with Gasteiger partial charge >= 0.3 is 0 Å². The maximum atomic E-state index is 13.8. The summed E-state index contributed by atoms with van der Waals surface area (Å²) >= 11 is 6.80. The van der Waals surface area contributed by atoms with Crippen LogP contribution >= 0.6 is 23.4 Å². The predicted octanol–water partition coefficient (Wildman–Crippen LogP) is 4.72. The number of nitrogens with zero attached hydrogens (tertiary/aromatic N) is 1. The molecular weight excluding hydrogens is 337 g/mol. The minimum absolute atomic E-state index is 0.137. The predicted molar refractivity (Wildman–Crippen MR) is 89.4 cm³/mol. The standard InChI is InChI=1S/C17H11ClFNO2S/c18-13-7-4-8-14(19)12(13)10-20-16(21)15(23-17(20)22)9-11-5-2-1-3-6-11/h1-9H,10H2/b15-9-. The zero-order chi connectivity index (χ0) is 16.4. The van der Waals surface area contributed by atoms with Crippen molar-refractivity contribution in [3.8, 4) is 0 Å². The van der Waals surface area contributed by atoms with Gasteiger partial charge in [-0.15, -0.1) is 0 Å². The number of carbonyl (C=O) groups is 2. The van der Waals surface area contributed by atoms with Crippen molar-refractivity contribution in [2.45, 2.75) is 6.54 Å². The van der Waals surface area contributed by atoms with Gasteiger partial charge in [0.2, 0.25) is 0 Å². The van der Waals surface area contributed by atoms with Crippen molar-refractivity contribution >= 4 is 40.6 Å². The maximum Gasteiger partial charge on any atom is 0.293 e. The van der Waals surface area contributed by atoms with E-state index in [1.807, 2.05) is 30.3 Å². The average Bonchev–Trinajstić information content (AvgIpc) is 2.79. The number of carbonyl (C=O) groups excluding carboxylic acids is 2. The summed E-state index contributed by atoms with van der Waals surface area (Å²) in [6.07, 6.45) is 1.65. The van der Waals surface area contributed by atoms with Crippen molar-refractivity contribution in [2.75, 3.05) is 0 Å². The van der Waals surface area contributed by atoms with E-state index in [1.165, 1.54) is 18.2 Å². The fourth-order valence-corrected chi connectivity index (χ4v) is 3.24. The van der Waals surface area contributed by atoms with Crippen LogP contribution in [0, 0.1) is 5.82 Å². The van der Waals surface area contributed by atoms with Crippen molar-refractivity contribution < 1.29 is 14.0 Å². The van der Waals surface area contributed by atoms with Crippen LogP contribution in [0.3, 0.4) is 0 Å². The van der Waals surface area contributed by atoms with Crippen LogP contribution in [0.4, 0.5) is 9.18 Å². The summed E-state index contributed by atoms with van der Waals surface area (Å²) in [5.41, 5.74) is 0.958. The van der Waals surface area contributed by atoms with Crippen LogP contribution in [0.2, 0.25) is 5.02 Å². The SMILES string of the molecule is O=C1S/C(=C\c2ccccc2)C(=O)N1Cc1c(F)cccc1Cl. The lowest BCUT2D eigenvalue weighted by Gasteiger charge is -2.14. The molecule has 0 N–H and O–H groups in total. The molecular formula is C17H11ClFNO2S. The van der Waals surface area contributed by atoms with E-state index < -0.39 is 17.0 Å². The molecule has 1 fully saturated rings. The van der Waals surface area contributed by atoms with Crippen LogP contribution in [0.1, 0.15) is 11.1 Å². The third kappa shape index (κ3) is 3.30. The Morgan fingerprint density at radius 1 is 1.09 bits per heavy atom. The highest BCUT2D eigenvalue weighted by Crippen LogP contribution is 2.34. The molecule has 2 aromatic rings. The van der Waals surface area contributed by atoms with Gasteiger partial charge in [0.05, 0.1) is 11.4 Å². The molecule has 0 atom stereocenters. The summed E-state index contributed by atoms with van der Waals surface area (Å²) in [7, 11) is 0. The quantitative estimate of drug-likeness (QED) is 0.754. The molecule has 1 heterocycles. The molecule has 1 saturated heterocycles. The van der Waals surface area contributed by atoms with Gasteiger partial charge < -0.3 is 0 Å². The number of benzene rings is 2. The summed E-state index contributed by atoms with van der Waals surface area (Å²) in [4.78, 5) is 25.8. The van der Waals surface area contributed by atoms with Crippen LogP contribution in [0.5, 0.6) is 0 Å². The molecule has 0 aromatic heterocycles. The first-order chi connectivity index (χ1) is 11.1. The molecule has 2 amide bonds. The van der Waals surface area contributed by atoms with Crippen molar-refractivity contribution in [3.05, 3.63) is 75.4 Å². The summed E-state index contributed by atoms with van der Waals surface area (Å²) in [5, 5.41) is -0.243. The topological polar surface area (TPSA) is 37.4 Å². The second kappa shape index (κ2) is 6.56. The summed E-state index contributed by atoms with van der Waals surface area (Å²) in [6.45, 7) is -0.178. The van der Waals surface area contributed by atoms with E-state index in [0.717, 1.165) is 22.2 Å². The van der Waals surface area contributed by atoms with Crippen LogP contribution in [0.25, 0.3) is 6.08 Å². The second-order valence-electron chi connectivity index (χ2n) is 4.88. The Kier molecular flexibility index (Phi) is 4.50. The van der Waals surface area contributed by atoms with E-state index in [1.54, 1.807) is 6.08 Å². The Balaban J connectivity index is 1.86. The second-order valence-corrected chi connectivity index (χ2v) is 6.28. The molecule has 3 rings (SSSR count). The molecule has 3 nitrogen and oxygen atoms in total. The Morgan fingerprint density at radius 2 is 1.83 bits per heavy atom. The van der Waals surface area contributed by atoms with E-state index in [9.17, 15) is 14.0 Å². The molecule has 0 unspecified atom stereocenters. The zero-order valence-corrected chi connectivity index (χ0v) is 13.4. The minimum atomic E-state index is -0.538. The molecule has 0 radical (unpaired) electrons. The molecule has 0 spiro atoms. The van der Waals surface area contributed by atoms with E-state index in [4.69, 9.17) is 11.6 Å². The van der Waals surface area contributed by atoms with Gasteiger partial charge in [0.1, 0.15) is 5.82 Å². The molecule has 0 saturated carbocycles. The van der Waals surface area contributed by atoms with Crippen molar-refractivity contribution in [2.24, 2.45) is 0 Å². The van der Waals surface area contributed by atoms with Gasteiger partial charge in [-0.25, -0.2) is 4.39 Å². The van der Waals surface area contributed by atoms with Gasteiger partial charge in [-0.05, 0) is 35.5 Å². The lowest BCUT2D eigenvalue weighted by molar-refractivity contribution is -0.123. The average molecular weight is 348 g/mol. The first-order valence-electron chi connectivity index (χ1n) is 6.79. The highest BCUT2D eigenvalue weighted by atomic mass is 35.5. The van der Waals surface area contributed by atoms with Gasteiger partial charge in [0, 0.05) is 10.6 Å². The Labute approximate surface area is 141 Å². The number of rotatable bonds is 3. The highest BCUT2D eigenvalue weighted by Gasteiger charge is 2.35. The van der Waals surface area contributed by atoms with Crippen LogP contribution < -0.4 is 0 Å². The number of amides is 2. The fourth-order valence-electron chi connectivity index (χ4n) is 2.18. The van der Waals surface area contributed by atoms with Crippen LogP contribution in [-0.2, 0) is 11.3 Å². The fraction of sp³-hybridized carbons (Fsp3) is 0.0588. The molecule has 23 heavy (non-hydrogen) atoms. The summed E-state index contributed by atoms with van der Waals surface area (Å²) < 4.78 is 13.8. The van der Waals surface area contributed by atoms with E-state index in [-0.39, 0.29) is 17.1 Å². The number of halogens is 2. The molecule has 6 heteroatoms. The van der Waals surface area contributed by atoms with E-state index >= 15 is 0 Å². The number of hydrogen-bond acceptors (Lipinski definition) is 3. The van der Waals surface area contributed by atoms with Crippen molar-refractivity contribution in [1.29, 1.82) is 0 Å². The Morgan fingerprint density at radius 3 is 2.52 bits per heavy atom. The lowest BCUT2D eigenvalue weighted by atomic mass is 10.2. The largest absolute Gasteiger partial charge is 0.293 e. The molecule has 1 aliphatic heterocycles. The van der Waals surface area contributed by atoms with Gasteiger partial charge in [-0.3, -0.25) is 14.5 Å². The summed E-state index contributed by atoms with van der Waals surface area (Å²) in [5.74, 6) is -0.980. The normalized spacial score (nSPS) is 16.4. The van der Waals surface area contributed by atoms with Gasteiger partial charge in [0.15, 0.2) is 0 Å². The number of hydrogen-bond donors (Lipinski definition) is 0.